The Kier molecular flexibility index (Phi) is 3.25. The summed E-state index contributed by atoms with van der Waals surface area (Å²) in [5, 5.41) is 0. The van der Waals surface area contributed by atoms with E-state index in [9.17, 15) is 17.6 Å². The zero-order valence-electron chi connectivity index (χ0n) is 4.38. The molecule has 0 N–H and O–H groups in total. The summed E-state index contributed by atoms with van der Waals surface area (Å²) in [5.41, 5.74) is 0. The molecular formula is C4H5ClF4. The van der Waals surface area contributed by atoms with Crippen molar-refractivity contribution in [3.63, 3.8) is 0 Å². The predicted molar refractivity (Wildman–Crippen MR) is 26.3 cm³/mol. The molecule has 1 atom stereocenters. The molecular weight excluding hydrogens is 159 g/mol. The molecule has 0 spiro atoms. The van der Waals surface area contributed by atoms with Gasteiger partial charge in [-0.1, -0.05) is 0 Å². The van der Waals surface area contributed by atoms with Crippen molar-refractivity contribution >= 4 is 11.6 Å². The van der Waals surface area contributed by atoms with Gasteiger partial charge in [-0.05, 0) is 0 Å². The lowest BCUT2D eigenvalue weighted by Crippen LogP contribution is -2.16. The molecule has 0 rings (SSSR count). The van der Waals surface area contributed by atoms with E-state index in [-0.39, 0.29) is 0 Å². The van der Waals surface area contributed by atoms with Crippen molar-refractivity contribution in [2.24, 2.45) is 0 Å². The second kappa shape index (κ2) is 3.25. The molecule has 0 radical (unpaired) electrons. The molecule has 0 saturated heterocycles. The maximum Gasteiger partial charge on any atom is 0.391 e. The minimum Gasteiger partial charge on any atom is -0.246 e. The van der Waals surface area contributed by atoms with Crippen LogP contribution in [0, 0.1) is 0 Å². The van der Waals surface area contributed by atoms with E-state index < -0.39 is 24.6 Å². The van der Waals surface area contributed by atoms with E-state index in [1.807, 2.05) is 0 Å². The van der Waals surface area contributed by atoms with Gasteiger partial charge < -0.3 is 0 Å². The molecule has 5 heteroatoms. The summed E-state index contributed by atoms with van der Waals surface area (Å²) in [6, 6.07) is 0. The molecule has 0 aliphatic rings. The van der Waals surface area contributed by atoms with Crippen LogP contribution >= 0.6 is 11.6 Å². The zero-order valence-corrected chi connectivity index (χ0v) is 5.14. The summed E-state index contributed by atoms with van der Waals surface area (Å²) in [5.74, 6) is -0.598. The molecule has 0 amide bonds. The third-order valence-corrected chi connectivity index (χ3v) is 0.955. The largest absolute Gasteiger partial charge is 0.391 e. The van der Waals surface area contributed by atoms with Crippen LogP contribution in [0.25, 0.3) is 0 Å². The average molecular weight is 165 g/mol. The number of halogens is 5. The molecule has 0 bridgehead atoms. The Morgan fingerprint density at radius 2 is 1.78 bits per heavy atom. The normalized spacial score (nSPS) is 15.7. The van der Waals surface area contributed by atoms with E-state index in [4.69, 9.17) is 11.6 Å². The Labute approximate surface area is 54.8 Å². The van der Waals surface area contributed by atoms with Crippen LogP contribution in [-0.2, 0) is 0 Å². The van der Waals surface area contributed by atoms with Gasteiger partial charge in [-0.15, -0.1) is 11.6 Å². The summed E-state index contributed by atoms with van der Waals surface area (Å²) in [4.78, 5) is 0. The lowest BCUT2D eigenvalue weighted by molar-refractivity contribution is -0.144. The SMILES string of the molecule is FC(CCl)CC(F)(F)F. The molecule has 56 valence electrons. The molecule has 1 unspecified atom stereocenters. The molecule has 0 aromatic carbocycles. The van der Waals surface area contributed by atoms with Crippen molar-refractivity contribution in [2.45, 2.75) is 18.8 Å². The first-order valence-electron chi connectivity index (χ1n) is 2.22. The summed E-state index contributed by atoms with van der Waals surface area (Å²) in [6.07, 6.45) is -7.85. The van der Waals surface area contributed by atoms with Gasteiger partial charge in [0.05, 0.1) is 12.3 Å². The smallest absolute Gasteiger partial charge is 0.246 e. The Balaban J connectivity index is 3.47. The van der Waals surface area contributed by atoms with Crippen molar-refractivity contribution in [2.75, 3.05) is 5.88 Å². The summed E-state index contributed by atoms with van der Waals surface area (Å²) >= 11 is 4.78. The second-order valence-corrected chi connectivity index (χ2v) is 1.88. The van der Waals surface area contributed by atoms with Gasteiger partial charge in [-0.2, -0.15) is 13.2 Å². The van der Waals surface area contributed by atoms with E-state index in [2.05, 4.69) is 0 Å². The van der Waals surface area contributed by atoms with Crippen LogP contribution in [0.1, 0.15) is 6.42 Å². The Bertz CT molecular complexity index is 79.1. The van der Waals surface area contributed by atoms with Crippen molar-refractivity contribution in [1.82, 2.24) is 0 Å². The number of rotatable bonds is 2. The van der Waals surface area contributed by atoms with Gasteiger partial charge in [0.15, 0.2) is 0 Å². The zero-order chi connectivity index (χ0) is 7.49. The molecule has 0 aliphatic heterocycles. The summed E-state index contributed by atoms with van der Waals surface area (Å²) in [6.45, 7) is 0. The van der Waals surface area contributed by atoms with Crippen molar-refractivity contribution < 1.29 is 17.6 Å². The van der Waals surface area contributed by atoms with Crippen LogP contribution in [0.3, 0.4) is 0 Å². The monoisotopic (exact) mass is 164 g/mol. The molecule has 0 aromatic rings. The van der Waals surface area contributed by atoms with Gasteiger partial charge >= 0.3 is 6.18 Å². The second-order valence-electron chi connectivity index (χ2n) is 1.57. The molecule has 9 heavy (non-hydrogen) atoms. The van der Waals surface area contributed by atoms with E-state index in [0.717, 1.165) is 0 Å². The first kappa shape index (κ1) is 9.01. The highest BCUT2D eigenvalue weighted by Crippen LogP contribution is 2.23. The van der Waals surface area contributed by atoms with Gasteiger partial charge in [0, 0.05) is 0 Å². The fourth-order valence-corrected chi connectivity index (χ4v) is 0.415. The number of hydrogen-bond donors (Lipinski definition) is 0. The van der Waals surface area contributed by atoms with Gasteiger partial charge in [0.25, 0.3) is 0 Å². The molecule has 0 aliphatic carbocycles. The Morgan fingerprint density at radius 1 is 1.33 bits per heavy atom. The van der Waals surface area contributed by atoms with Gasteiger partial charge in [-0.25, -0.2) is 4.39 Å². The van der Waals surface area contributed by atoms with Crippen molar-refractivity contribution in [3.05, 3.63) is 0 Å². The van der Waals surface area contributed by atoms with Crippen LogP contribution in [0.5, 0.6) is 0 Å². The topological polar surface area (TPSA) is 0 Å². The minimum atomic E-state index is -4.44. The van der Waals surface area contributed by atoms with Crippen LogP contribution in [0.15, 0.2) is 0 Å². The molecule has 0 saturated carbocycles. The van der Waals surface area contributed by atoms with E-state index >= 15 is 0 Å². The highest BCUT2D eigenvalue weighted by atomic mass is 35.5. The van der Waals surface area contributed by atoms with Gasteiger partial charge in [-0.3, -0.25) is 0 Å². The number of alkyl halides is 5. The average Bonchev–Trinajstić information content (AvgIpc) is 1.62. The van der Waals surface area contributed by atoms with Crippen LogP contribution in [0.4, 0.5) is 17.6 Å². The number of hydrogen-bond acceptors (Lipinski definition) is 0. The first-order chi connectivity index (χ1) is 3.95. The molecule has 0 aromatic heterocycles. The van der Waals surface area contributed by atoms with E-state index in [0.29, 0.717) is 0 Å². The minimum absolute atomic E-state index is 0.598. The summed E-state index contributed by atoms with van der Waals surface area (Å²) in [7, 11) is 0. The van der Waals surface area contributed by atoms with E-state index in [1.165, 1.54) is 0 Å². The van der Waals surface area contributed by atoms with Gasteiger partial charge in [0.2, 0.25) is 0 Å². The fourth-order valence-electron chi connectivity index (χ4n) is 0.306. The predicted octanol–water partition coefficient (Wildman–Crippen LogP) is 2.52. The van der Waals surface area contributed by atoms with Crippen LogP contribution < -0.4 is 0 Å². The highest BCUT2D eigenvalue weighted by Gasteiger charge is 2.31. The van der Waals surface area contributed by atoms with E-state index in [1.54, 1.807) is 0 Å². The molecule has 0 fully saturated rings. The van der Waals surface area contributed by atoms with Gasteiger partial charge in [0.1, 0.15) is 6.17 Å². The third kappa shape index (κ3) is 5.89. The standard InChI is InChI=1S/C4H5ClF4/c5-2-3(6)1-4(7,8)9/h3H,1-2H2. The van der Waals surface area contributed by atoms with Crippen LogP contribution in [-0.4, -0.2) is 18.2 Å². The first-order valence-corrected chi connectivity index (χ1v) is 2.76. The fraction of sp³-hybridized carbons (Fsp3) is 1.00. The quantitative estimate of drug-likeness (QED) is 0.435. The maximum atomic E-state index is 11.8. The van der Waals surface area contributed by atoms with Crippen molar-refractivity contribution in [1.29, 1.82) is 0 Å². The molecule has 0 heterocycles. The Morgan fingerprint density at radius 3 is 1.89 bits per heavy atom. The maximum absolute atomic E-state index is 11.8. The lowest BCUT2D eigenvalue weighted by Gasteiger charge is -2.06. The van der Waals surface area contributed by atoms with Crippen LogP contribution in [0.2, 0.25) is 0 Å². The van der Waals surface area contributed by atoms with Crippen molar-refractivity contribution in [3.8, 4) is 0 Å². The third-order valence-electron chi connectivity index (χ3n) is 0.620. The molecule has 0 nitrogen and oxygen atoms in total. The highest BCUT2D eigenvalue weighted by molar-refractivity contribution is 6.18. The lowest BCUT2D eigenvalue weighted by atomic mass is 10.3. The Hall–Kier alpha value is 0.01000. The summed E-state index contributed by atoms with van der Waals surface area (Å²) < 4.78 is 45.4.